The van der Waals surface area contributed by atoms with Gasteiger partial charge >= 0.3 is 0 Å². The highest BCUT2D eigenvalue weighted by atomic mass is 32.2. The summed E-state index contributed by atoms with van der Waals surface area (Å²) in [5, 5.41) is 2.67. The summed E-state index contributed by atoms with van der Waals surface area (Å²) >= 11 is 0. The van der Waals surface area contributed by atoms with Gasteiger partial charge in [-0.15, -0.1) is 0 Å². The van der Waals surface area contributed by atoms with Crippen molar-refractivity contribution in [1.29, 1.82) is 0 Å². The molecule has 0 heterocycles. The summed E-state index contributed by atoms with van der Waals surface area (Å²) in [5.41, 5.74) is 0.696. The predicted octanol–water partition coefficient (Wildman–Crippen LogP) is 0.602. The van der Waals surface area contributed by atoms with Crippen molar-refractivity contribution in [3.05, 3.63) is 23.8 Å². The molecule has 0 saturated heterocycles. The van der Waals surface area contributed by atoms with Gasteiger partial charge in [0.25, 0.3) is 0 Å². The van der Waals surface area contributed by atoms with Gasteiger partial charge in [0.2, 0.25) is 15.9 Å². The Kier molecular flexibility index (Phi) is 6.63. The van der Waals surface area contributed by atoms with Gasteiger partial charge in [0.1, 0.15) is 11.5 Å². The zero-order chi connectivity index (χ0) is 16.8. The number of nitrogens with zero attached hydrogens (tertiary/aromatic N) is 1. The standard InChI is InChI=1S/C14H22N2O5S/c1-5-22(18,19)16(2)10-14(17)15-9-11-12(20-3)7-6-8-13(11)21-4/h6-8H,5,9-10H2,1-4H3,(H,15,17). The van der Waals surface area contributed by atoms with E-state index >= 15 is 0 Å². The van der Waals surface area contributed by atoms with E-state index in [1.54, 1.807) is 18.2 Å². The van der Waals surface area contributed by atoms with Crippen molar-refractivity contribution in [2.45, 2.75) is 13.5 Å². The molecule has 1 rings (SSSR count). The first kappa shape index (κ1) is 18.2. The van der Waals surface area contributed by atoms with Crippen molar-refractivity contribution in [3.8, 4) is 11.5 Å². The maximum Gasteiger partial charge on any atom is 0.235 e. The monoisotopic (exact) mass is 330 g/mol. The first-order valence-electron chi connectivity index (χ1n) is 6.76. The second-order valence-corrected chi connectivity index (χ2v) is 6.94. The van der Waals surface area contributed by atoms with Crippen molar-refractivity contribution in [1.82, 2.24) is 9.62 Å². The highest BCUT2D eigenvalue weighted by Crippen LogP contribution is 2.27. The molecule has 0 atom stereocenters. The van der Waals surface area contributed by atoms with Crippen molar-refractivity contribution in [3.63, 3.8) is 0 Å². The molecule has 0 radical (unpaired) electrons. The first-order chi connectivity index (χ1) is 10.4. The molecule has 0 aliphatic rings. The van der Waals surface area contributed by atoms with Crippen LogP contribution in [0.5, 0.6) is 11.5 Å². The van der Waals surface area contributed by atoms with E-state index in [2.05, 4.69) is 5.32 Å². The van der Waals surface area contributed by atoms with E-state index < -0.39 is 15.9 Å². The quantitative estimate of drug-likeness (QED) is 0.754. The number of benzene rings is 1. The topological polar surface area (TPSA) is 84.9 Å². The molecule has 0 fully saturated rings. The lowest BCUT2D eigenvalue weighted by molar-refractivity contribution is -0.121. The second kappa shape index (κ2) is 8.00. The normalized spacial score (nSPS) is 11.3. The molecule has 0 bridgehead atoms. The van der Waals surface area contributed by atoms with E-state index in [1.165, 1.54) is 28.2 Å². The van der Waals surface area contributed by atoms with Gasteiger partial charge in [0, 0.05) is 7.05 Å². The molecule has 0 aromatic heterocycles. The van der Waals surface area contributed by atoms with Crippen LogP contribution in [0.15, 0.2) is 18.2 Å². The molecule has 7 nitrogen and oxygen atoms in total. The third-order valence-electron chi connectivity index (χ3n) is 3.20. The molecule has 22 heavy (non-hydrogen) atoms. The average molecular weight is 330 g/mol. The SMILES string of the molecule is CCS(=O)(=O)N(C)CC(=O)NCc1c(OC)cccc1OC. The molecule has 124 valence electrons. The fraction of sp³-hybridized carbons (Fsp3) is 0.500. The third-order valence-corrected chi connectivity index (χ3v) is 5.01. The highest BCUT2D eigenvalue weighted by molar-refractivity contribution is 7.89. The van der Waals surface area contributed by atoms with E-state index in [1.807, 2.05) is 0 Å². The molecule has 0 spiro atoms. The zero-order valence-electron chi connectivity index (χ0n) is 13.3. The van der Waals surface area contributed by atoms with Crippen LogP contribution in [0.25, 0.3) is 0 Å². The van der Waals surface area contributed by atoms with Crippen LogP contribution in [-0.2, 0) is 21.4 Å². The number of hydrogen-bond acceptors (Lipinski definition) is 5. The van der Waals surface area contributed by atoms with Gasteiger partial charge in [-0.1, -0.05) is 6.07 Å². The Morgan fingerprint density at radius 1 is 1.23 bits per heavy atom. The lowest BCUT2D eigenvalue weighted by Crippen LogP contribution is -2.38. The average Bonchev–Trinajstić information content (AvgIpc) is 2.52. The van der Waals surface area contributed by atoms with E-state index in [-0.39, 0.29) is 18.8 Å². The number of hydrogen-bond donors (Lipinski definition) is 1. The molecule has 0 aliphatic heterocycles. The Hall–Kier alpha value is -1.80. The summed E-state index contributed by atoms with van der Waals surface area (Å²) in [7, 11) is 1.06. The van der Waals surface area contributed by atoms with E-state index in [4.69, 9.17) is 9.47 Å². The maximum absolute atomic E-state index is 11.9. The number of ether oxygens (including phenoxy) is 2. The van der Waals surface area contributed by atoms with Gasteiger partial charge in [-0.25, -0.2) is 8.42 Å². The minimum atomic E-state index is -3.38. The molecule has 1 N–H and O–H groups in total. The number of likely N-dealkylation sites (N-methyl/N-ethyl adjacent to an activating group) is 1. The summed E-state index contributed by atoms with van der Waals surface area (Å²) in [6.07, 6.45) is 0. The summed E-state index contributed by atoms with van der Waals surface area (Å²) in [6, 6.07) is 5.31. The number of carbonyl (C=O) groups excluding carboxylic acids is 1. The molecule has 8 heteroatoms. The van der Waals surface area contributed by atoms with Crippen LogP contribution in [0, 0.1) is 0 Å². The summed E-state index contributed by atoms with van der Waals surface area (Å²) in [4.78, 5) is 11.9. The molecule has 0 saturated carbocycles. The minimum Gasteiger partial charge on any atom is -0.496 e. The third kappa shape index (κ3) is 4.60. The number of carbonyl (C=O) groups is 1. The van der Waals surface area contributed by atoms with Gasteiger partial charge in [-0.05, 0) is 19.1 Å². The maximum atomic E-state index is 11.9. The highest BCUT2D eigenvalue weighted by Gasteiger charge is 2.18. The van der Waals surface area contributed by atoms with Crippen LogP contribution in [0.2, 0.25) is 0 Å². The fourth-order valence-corrected chi connectivity index (χ4v) is 2.62. The Morgan fingerprint density at radius 2 is 1.77 bits per heavy atom. The second-order valence-electron chi connectivity index (χ2n) is 4.57. The van der Waals surface area contributed by atoms with Crippen molar-refractivity contribution >= 4 is 15.9 Å². The lowest BCUT2D eigenvalue weighted by atomic mass is 10.1. The number of nitrogens with one attached hydrogen (secondary N) is 1. The van der Waals surface area contributed by atoms with Crippen LogP contribution < -0.4 is 14.8 Å². The van der Waals surface area contributed by atoms with Crippen LogP contribution in [-0.4, -0.2) is 52.2 Å². The van der Waals surface area contributed by atoms with Gasteiger partial charge in [-0.2, -0.15) is 4.31 Å². The van der Waals surface area contributed by atoms with Gasteiger partial charge in [0.15, 0.2) is 0 Å². The van der Waals surface area contributed by atoms with E-state index in [9.17, 15) is 13.2 Å². The Labute approximate surface area is 131 Å². The lowest BCUT2D eigenvalue weighted by Gasteiger charge is -2.17. The molecule has 0 unspecified atom stereocenters. The summed E-state index contributed by atoms with van der Waals surface area (Å²) < 4.78 is 34.7. The smallest absolute Gasteiger partial charge is 0.235 e. The summed E-state index contributed by atoms with van der Waals surface area (Å²) in [6.45, 7) is 1.49. The summed E-state index contributed by atoms with van der Waals surface area (Å²) in [5.74, 6) is 0.743. The van der Waals surface area contributed by atoms with Gasteiger partial charge in [-0.3, -0.25) is 4.79 Å². The minimum absolute atomic E-state index is 0.0445. The molecule has 0 aliphatic carbocycles. The number of rotatable bonds is 8. The number of methoxy groups -OCH3 is 2. The number of amides is 1. The van der Waals surface area contributed by atoms with Crippen LogP contribution in [0.3, 0.4) is 0 Å². The van der Waals surface area contributed by atoms with E-state index in [0.717, 1.165) is 4.31 Å². The van der Waals surface area contributed by atoms with Crippen molar-refractivity contribution < 1.29 is 22.7 Å². The predicted molar refractivity (Wildman–Crippen MR) is 83.5 cm³/mol. The largest absolute Gasteiger partial charge is 0.496 e. The Morgan fingerprint density at radius 3 is 2.23 bits per heavy atom. The van der Waals surface area contributed by atoms with Crippen LogP contribution in [0.1, 0.15) is 12.5 Å². The van der Waals surface area contributed by atoms with Gasteiger partial charge in [0.05, 0.1) is 38.6 Å². The van der Waals surface area contributed by atoms with Crippen LogP contribution >= 0.6 is 0 Å². The fourth-order valence-electron chi connectivity index (χ4n) is 1.87. The molecule has 1 amide bonds. The molecule has 1 aromatic rings. The van der Waals surface area contributed by atoms with Gasteiger partial charge < -0.3 is 14.8 Å². The van der Waals surface area contributed by atoms with Crippen molar-refractivity contribution in [2.75, 3.05) is 33.6 Å². The Balaban J connectivity index is 2.73. The Bertz CT molecular complexity index is 593. The first-order valence-corrected chi connectivity index (χ1v) is 8.37. The van der Waals surface area contributed by atoms with E-state index in [0.29, 0.717) is 17.1 Å². The molecular formula is C14H22N2O5S. The van der Waals surface area contributed by atoms with Crippen molar-refractivity contribution in [2.24, 2.45) is 0 Å². The zero-order valence-corrected chi connectivity index (χ0v) is 14.1. The number of sulfonamides is 1. The molecule has 1 aromatic carbocycles. The molecular weight excluding hydrogens is 308 g/mol. The van der Waals surface area contributed by atoms with Crippen LogP contribution in [0.4, 0.5) is 0 Å².